The molecule has 0 saturated heterocycles. The highest BCUT2D eigenvalue weighted by Gasteiger charge is 2.16. The normalized spacial score (nSPS) is 11.7. The van der Waals surface area contributed by atoms with Crippen molar-refractivity contribution in [2.24, 2.45) is 0 Å². The second kappa shape index (κ2) is 9.39. The number of aryl methyl sites for hydroxylation is 3. The van der Waals surface area contributed by atoms with Gasteiger partial charge in [-0.25, -0.2) is 4.98 Å². The zero-order valence-electron chi connectivity index (χ0n) is 23.8. The van der Waals surface area contributed by atoms with Crippen LogP contribution in [0.3, 0.4) is 0 Å². The van der Waals surface area contributed by atoms with Gasteiger partial charge in [-0.15, -0.1) is 0 Å². The van der Waals surface area contributed by atoms with Crippen LogP contribution in [0.1, 0.15) is 16.7 Å². The van der Waals surface area contributed by atoms with E-state index in [1.807, 2.05) is 6.20 Å². The molecule has 3 heteroatoms. The summed E-state index contributed by atoms with van der Waals surface area (Å²) in [5.74, 6) is 0. The largest absolute Gasteiger partial charge is 0.455 e. The summed E-state index contributed by atoms with van der Waals surface area (Å²) in [7, 11) is 0. The van der Waals surface area contributed by atoms with Crippen molar-refractivity contribution >= 4 is 43.6 Å². The number of nitrogens with zero attached hydrogens (tertiary/aromatic N) is 2. The Morgan fingerprint density at radius 2 is 1.31 bits per heavy atom. The zero-order chi connectivity index (χ0) is 28.4. The van der Waals surface area contributed by atoms with Crippen LogP contribution in [0, 0.1) is 20.8 Å². The third-order valence-corrected chi connectivity index (χ3v) is 8.61. The summed E-state index contributed by atoms with van der Waals surface area (Å²) < 4.78 is 6.59. The van der Waals surface area contributed by atoms with Crippen molar-refractivity contribution < 1.29 is 4.42 Å². The van der Waals surface area contributed by atoms with Crippen LogP contribution in [-0.2, 0) is 0 Å². The van der Waals surface area contributed by atoms with E-state index in [0.717, 1.165) is 60.7 Å². The maximum atomic E-state index is 6.59. The van der Waals surface area contributed by atoms with Crippen molar-refractivity contribution in [2.45, 2.75) is 20.8 Å². The Hall–Kier alpha value is -5.28. The molecule has 3 aromatic heterocycles. The number of para-hydroxylation sites is 1. The molecule has 0 aliphatic heterocycles. The average molecular weight is 541 g/mol. The highest BCUT2D eigenvalue weighted by Crippen LogP contribution is 2.39. The van der Waals surface area contributed by atoms with Crippen molar-refractivity contribution in [3.63, 3.8) is 0 Å². The second-order valence-electron chi connectivity index (χ2n) is 11.1. The topological polar surface area (TPSA) is 38.9 Å². The fourth-order valence-corrected chi connectivity index (χ4v) is 6.50. The van der Waals surface area contributed by atoms with Crippen LogP contribution >= 0.6 is 0 Å². The number of benzene rings is 5. The maximum absolute atomic E-state index is 6.59. The Labute approximate surface area is 244 Å². The van der Waals surface area contributed by atoms with Crippen molar-refractivity contribution in [1.29, 1.82) is 0 Å². The minimum absolute atomic E-state index is 0.868. The van der Waals surface area contributed by atoms with Gasteiger partial charge in [-0.1, -0.05) is 72.8 Å². The molecule has 0 saturated carbocycles. The van der Waals surface area contributed by atoms with E-state index in [-0.39, 0.29) is 0 Å². The molecule has 3 heterocycles. The van der Waals surface area contributed by atoms with Gasteiger partial charge in [0.1, 0.15) is 11.2 Å². The summed E-state index contributed by atoms with van der Waals surface area (Å²) in [5, 5.41) is 5.69. The van der Waals surface area contributed by atoms with Gasteiger partial charge in [0.25, 0.3) is 0 Å². The van der Waals surface area contributed by atoms with Crippen LogP contribution in [0.25, 0.3) is 77.3 Å². The van der Waals surface area contributed by atoms with E-state index >= 15 is 0 Å². The first-order valence-corrected chi connectivity index (χ1v) is 14.3. The minimum atomic E-state index is 0.868. The van der Waals surface area contributed by atoms with E-state index in [2.05, 4.69) is 130 Å². The SMILES string of the molecule is Cc1cccc(C)c1-c1ccc2c(C)c(-c3ccnc(-c4cccc5c4oc4c6ccccc6ccc54)c3)ccc2n1. The smallest absolute Gasteiger partial charge is 0.144 e. The molecular weight excluding hydrogens is 512 g/mol. The van der Waals surface area contributed by atoms with Crippen LogP contribution in [0.15, 0.2) is 120 Å². The van der Waals surface area contributed by atoms with Crippen LogP contribution in [0.2, 0.25) is 0 Å². The third kappa shape index (κ3) is 3.74. The van der Waals surface area contributed by atoms with Gasteiger partial charge < -0.3 is 4.42 Å². The van der Waals surface area contributed by atoms with E-state index in [1.54, 1.807) is 0 Å². The summed E-state index contributed by atoms with van der Waals surface area (Å²) in [6.07, 6.45) is 1.90. The van der Waals surface area contributed by atoms with Gasteiger partial charge in [-0.05, 0) is 90.4 Å². The molecule has 0 fully saturated rings. The van der Waals surface area contributed by atoms with Crippen LogP contribution in [0.5, 0.6) is 0 Å². The standard InChI is InChI=1S/C39H28N2O/c1-23-8-6-9-24(2)37(23)35-19-17-29-25(3)28(16-18-34(29)41-35)27-20-21-40-36(22-27)33-13-7-12-31-32-15-14-26-10-4-5-11-30(26)38(32)42-39(31)33/h4-22H,1-3H3. The molecule has 8 rings (SSSR count). The maximum Gasteiger partial charge on any atom is 0.144 e. The van der Waals surface area contributed by atoms with Gasteiger partial charge >= 0.3 is 0 Å². The Bertz CT molecular complexity index is 2320. The molecule has 0 aliphatic carbocycles. The summed E-state index contributed by atoms with van der Waals surface area (Å²) >= 11 is 0. The lowest BCUT2D eigenvalue weighted by molar-refractivity contribution is 0.673. The molecule has 200 valence electrons. The first-order valence-electron chi connectivity index (χ1n) is 14.3. The lowest BCUT2D eigenvalue weighted by atomic mass is 9.94. The molecule has 3 nitrogen and oxygen atoms in total. The summed E-state index contributed by atoms with van der Waals surface area (Å²) in [4.78, 5) is 9.88. The van der Waals surface area contributed by atoms with Gasteiger partial charge in [-0.3, -0.25) is 4.98 Å². The fourth-order valence-electron chi connectivity index (χ4n) is 6.50. The summed E-state index contributed by atoms with van der Waals surface area (Å²) in [6.45, 7) is 6.48. The molecule has 0 unspecified atom stereocenters. The summed E-state index contributed by atoms with van der Waals surface area (Å²) in [6, 6.07) is 38.4. The van der Waals surface area contributed by atoms with Crippen molar-refractivity contribution in [3.05, 3.63) is 132 Å². The van der Waals surface area contributed by atoms with Gasteiger partial charge in [0.05, 0.1) is 16.9 Å². The molecule has 0 aliphatic rings. The first kappa shape index (κ1) is 24.5. The van der Waals surface area contributed by atoms with E-state index in [4.69, 9.17) is 14.4 Å². The number of furan rings is 1. The van der Waals surface area contributed by atoms with E-state index in [9.17, 15) is 0 Å². The first-order chi connectivity index (χ1) is 20.6. The molecule has 0 amide bonds. The van der Waals surface area contributed by atoms with Crippen LogP contribution < -0.4 is 0 Å². The predicted octanol–water partition coefficient (Wildman–Crippen LogP) is 10.6. The highest BCUT2D eigenvalue weighted by atomic mass is 16.3. The molecule has 5 aromatic carbocycles. The van der Waals surface area contributed by atoms with Crippen molar-refractivity contribution in [2.75, 3.05) is 0 Å². The monoisotopic (exact) mass is 540 g/mol. The Balaban J connectivity index is 1.25. The van der Waals surface area contributed by atoms with Crippen molar-refractivity contribution in [1.82, 2.24) is 9.97 Å². The van der Waals surface area contributed by atoms with E-state index in [0.29, 0.717) is 0 Å². The number of rotatable bonds is 3. The summed E-state index contributed by atoms with van der Waals surface area (Å²) in [5.41, 5.74) is 12.9. The van der Waals surface area contributed by atoms with Crippen molar-refractivity contribution in [3.8, 4) is 33.6 Å². The Morgan fingerprint density at radius 3 is 2.19 bits per heavy atom. The average Bonchev–Trinajstić information content (AvgIpc) is 3.41. The molecule has 42 heavy (non-hydrogen) atoms. The number of hydrogen-bond acceptors (Lipinski definition) is 3. The highest BCUT2D eigenvalue weighted by molar-refractivity contribution is 6.17. The van der Waals surface area contributed by atoms with Gasteiger partial charge in [0, 0.05) is 38.9 Å². The number of fused-ring (bicyclic) bond motifs is 6. The third-order valence-electron chi connectivity index (χ3n) is 8.61. The van der Waals surface area contributed by atoms with Crippen LogP contribution in [0.4, 0.5) is 0 Å². The molecule has 0 atom stereocenters. The Kier molecular flexibility index (Phi) is 5.48. The van der Waals surface area contributed by atoms with Crippen LogP contribution in [-0.4, -0.2) is 9.97 Å². The number of pyridine rings is 2. The molecule has 0 radical (unpaired) electrons. The van der Waals surface area contributed by atoms with Gasteiger partial charge in [-0.2, -0.15) is 0 Å². The zero-order valence-corrected chi connectivity index (χ0v) is 23.8. The molecule has 8 aromatic rings. The molecule has 0 spiro atoms. The molecule has 0 bridgehead atoms. The predicted molar refractivity (Wildman–Crippen MR) is 175 cm³/mol. The van der Waals surface area contributed by atoms with Gasteiger partial charge in [0.15, 0.2) is 0 Å². The lowest BCUT2D eigenvalue weighted by Crippen LogP contribution is -1.94. The van der Waals surface area contributed by atoms with Gasteiger partial charge in [0.2, 0.25) is 0 Å². The molecule has 0 N–H and O–H groups in total. The van der Waals surface area contributed by atoms with E-state index < -0.39 is 0 Å². The minimum Gasteiger partial charge on any atom is -0.455 e. The number of hydrogen-bond donors (Lipinski definition) is 0. The van der Waals surface area contributed by atoms with E-state index in [1.165, 1.54) is 33.2 Å². The molecular formula is C39H28N2O. The fraction of sp³-hybridized carbons (Fsp3) is 0.0769. The Morgan fingerprint density at radius 1 is 0.548 bits per heavy atom. The second-order valence-corrected chi connectivity index (χ2v) is 11.1. The quantitative estimate of drug-likeness (QED) is 0.224. The number of aromatic nitrogens is 2. The lowest BCUT2D eigenvalue weighted by Gasteiger charge is -2.13.